The summed E-state index contributed by atoms with van der Waals surface area (Å²) in [7, 11) is 0. The Labute approximate surface area is 106 Å². The number of phenols is 1. The molecule has 6 heteroatoms. The van der Waals surface area contributed by atoms with E-state index in [1.54, 1.807) is 0 Å². The summed E-state index contributed by atoms with van der Waals surface area (Å²) < 4.78 is 52.0. The summed E-state index contributed by atoms with van der Waals surface area (Å²) in [6, 6.07) is 4.68. The van der Waals surface area contributed by atoms with Gasteiger partial charge in [0.05, 0.1) is 0 Å². The summed E-state index contributed by atoms with van der Waals surface area (Å²) in [4.78, 5) is 0. The highest BCUT2D eigenvalue weighted by molar-refractivity contribution is 5.47. The van der Waals surface area contributed by atoms with Crippen LogP contribution in [-0.4, -0.2) is 5.11 Å². The third kappa shape index (κ3) is 2.96. The van der Waals surface area contributed by atoms with Crippen molar-refractivity contribution >= 4 is 5.69 Å². The van der Waals surface area contributed by atoms with Crippen molar-refractivity contribution < 1.29 is 22.7 Å². The zero-order chi connectivity index (χ0) is 14.0. The van der Waals surface area contributed by atoms with Crippen LogP contribution in [-0.2, 0) is 6.54 Å². The number of nitrogens with one attached hydrogen (secondary N) is 1. The molecule has 0 saturated carbocycles. The molecule has 2 aromatic carbocycles. The van der Waals surface area contributed by atoms with E-state index >= 15 is 0 Å². The van der Waals surface area contributed by atoms with Crippen molar-refractivity contribution in [3.05, 3.63) is 59.2 Å². The zero-order valence-corrected chi connectivity index (χ0v) is 9.55. The largest absolute Gasteiger partial charge is 0.505 e. The van der Waals surface area contributed by atoms with Crippen LogP contribution in [0.3, 0.4) is 0 Å². The molecule has 0 aliphatic carbocycles. The van der Waals surface area contributed by atoms with E-state index in [1.807, 2.05) is 0 Å². The van der Waals surface area contributed by atoms with E-state index in [0.717, 1.165) is 18.2 Å². The lowest BCUT2D eigenvalue weighted by molar-refractivity contribution is 0.432. The van der Waals surface area contributed by atoms with Gasteiger partial charge in [0.2, 0.25) is 0 Å². The smallest absolute Gasteiger partial charge is 0.166 e. The van der Waals surface area contributed by atoms with E-state index in [1.165, 1.54) is 6.07 Å². The number of hydrogen-bond acceptors (Lipinski definition) is 2. The van der Waals surface area contributed by atoms with Crippen molar-refractivity contribution in [1.82, 2.24) is 0 Å². The zero-order valence-electron chi connectivity index (χ0n) is 9.55. The van der Waals surface area contributed by atoms with E-state index in [2.05, 4.69) is 5.32 Å². The molecule has 0 amide bonds. The molecule has 2 nitrogen and oxygen atoms in total. The van der Waals surface area contributed by atoms with Crippen LogP contribution in [0.1, 0.15) is 5.56 Å². The molecular weight excluding hydrogens is 262 g/mol. The summed E-state index contributed by atoms with van der Waals surface area (Å²) in [5.74, 6) is -4.67. The first-order valence-electron chi connectivity index (χ1n) is 5.33. The quantitative estimate of drug-likeness (QED) is 0.508. The number of halogens is 4. The Balaban J connectivity index is 2.14. The lowest BCUT2D eigenvalue weighted by Gasteiger charge is -2.08. The van der Waals surface area contributed by atoms with E-state index in [4.69, 9.17) is 5.11 Å². The van der Waals surface area contributed by atoms with E-state index in [9.17, 15) is 17.6 Å². The number of benzene rings is 2. The van der Waals surface area contributed by atoms with Crippen molar-refractivity contribution in [2.75, 3.05) is 5.32 Å². The second-order valence-corrected chi connectivity index (χ2v) is 3.88. The summed E-state index contributed by atoms with van der Waals surface area (Å²) in [5.41, 5.74) is 0.187. The molecule has 0 bridgehead atoms. The molecule has 0 aliphatic heterocycles. The number of hydrogen-bond donors (Lipinski definition) is 2. The summed E-state index contributed by atoms with van der Waals surface area (Å²) >= 11 is 0. The third-order valence-corrected chi connectivity index (χ3v) is 2.52. The molecule has 0 aromatic heterocycles. The molecule has 100 valence electrons. The number of anilines is 1. The van der Waals surface area contributed by atoms with Gasteiger partial charge in [0.1, 0.15) is 5.82 Å². The van der Waals surface area contributed by atoms with Gasteiger partial charge < -0.3 is 10.4 Å². The molecular formula is C13H9F4NO. The average molecular weight is 271 g/mol. The van der Waals surface area contributed by atoms with Crippen molar-refractivity contribution in [1.29, 1.82) is 0 Å². The first-order valence-corrected chi connectivity index (χ1v) is 5.33. The molecule has 2 N–H and O–H groups in total. The minimum absolute atomic E-state index is 0.0904. The highest BCUT2D eigenvalue weighted by Crippen LogP contribution is 2.21. The fraction of sp³-hybridized carbons (Fsp3) is 0.0769. The summed E-state index contributed by atoms with van der Waals surface area (Å²) in [5, 5.41) is 11.6. The second-order valence-electron chi connectivity index (χ2n) is 3.88. The minimum Gasteiger partial charge on any atom is -0.505 e. The molecule has 0 heterocycles. The average Bonchev–Trinajstić information content (AvgIpc) is 2.36. The molecule has 0 spiro atoms. The molecule has 0 radical (unpaired) electrons. The Kier molecular flexibility index (Phi) is 3.59. The Morgan fingerprint density at radius 1 is 0.842 bits per heavy atom. The van der Waals surface area contributed by atoms with Crippen molar-refractivity contribution in [3.8, 4) is 5.75 Å². The van der Waals surface area contributed by atoms with E-state index in [0.29, 0.717) is 6.07 Å². The number of aromatic hydroxyl groups is 1. The van der Waals surface area contributed by atoms with Gasteiger partial charge in [0.25, 0.3) is 0 Å². The van der Waals surface area contributed by atoms with E-state index in [-0.39, 0.29) is 17.8 Å². The van der Waals surface area contributed by atoms with Crippen molar-refractivity contribution in [3.63, 3.8) is 0 Å². The Morgan fingerprint density at radius 3 is 2.21 bits per heavy atom. The fourth-order valence-electron chi connectivity index (χ4n) is 1.51. The standard InChI is InChI=1S/C13H9F4NO/c14-9-5-11(16)10(15)3-7(9)6-18-8-1-2-13(19)12(17)4-8/h1-5,18-19H,6H2. The Bertz CT molecular complexity index is 616. The molecule has 0 saturated heterocycles. The van der Waals surface area contributed by atoms with Gasteiger partial charge in [-0.15, -0.1) is 0 Å². The first-order chi connectivity index (χ1) is 8.97. The monoisotopic (exact) mass is 271 g/mol. The molecule has 0 aliphatic rings. The number of phenolic OH excluding ortho intramolecular Hbond substituents is 1. The predicted molar refractivity (Wildman–Crippen MR) is 61.7 cm³/mol. The molecule has 19 heavy (non-hydrogen) atoms. The van der Waals surface area contributed by atoms with Crippen molar-refractivity contribution in [2.45, 2.75) is 6.54 Å². The second kappa shape index (κ2) is 5.17. The van der Waals surface area contributed by atoms with Crippen LogP contribution < -0.4 is 5.32 Å². The maximum Gasteiger partial charge on any atom is 0.166 e. The van der Waals surface area contributed by atoms with E-state index < -0.39 is 29.0 Å². The lowest BCUT2D eigenvalue weighted by Crippen LogP contribution is -2.03. The van der Waals surface area contributed by atoms with Crippen LogP contribution >= 0.6 is 0 Å². The van der Waals surface area contributed by atoms with Crippen molar-refractivity contribution in [2.24, 2.45) is 0 Å². The fourth-order valence-corrected chi connectivity index (χ4v) is 1.51. The maximum atomic E-state index is 13.3. The first kappa shape index (κ1) is 13.2. The van der Waals surface area contributed by atoms with Crippen LogP contribution in [0.25, 0.3) is 0 Å². The van der Waals surface area contributed by atoms with Gasteiger partial charge in [-0.25, -0.2) is 17.6 Å². The molecule has 2 rings (SSSR count). The molecule has 0 atom stereocenters. The minimum atomic E-state index is -1.27. The van der Waals surface area contributed by atoms with Crippen LogP contribution in [0.5, 0.6) is 5.75 Å². The van der Waals surface area contributed by atoms with Crippen LogP contribution in [0, 0.1) is 23.3 Å². The van der Waals surface area contributed by atoms with Gasteiger partial charge in [0, 0.05) is 29.9 Å². The molecule has 0 unspecified atom stereocenters. The maximum absolute atomic E-state index is 13.3. The predicted octanol–water partition coefficient (Wildman–Crippen LogP) is 3.56. The topological polar surface area (TPSA) is 32.3 Å². The van der Waals surface area contributed by atoms with Gasteiger partial charge in [-0.2, -0.15) is 0 Å². The number of rotatable bonds is 3. The molecule has 2 aromatic rings. The van der Waals surface area contributed by atoms with Crippen LogP contribution in [0.4, 0.5) is 23.2 Å². The SMILES string of the molecule is Oc1ccc(NCc2cc(F)c(F)cc2F)cc1F. The highest BCUT2D eigenvalue weighted by atomic mass is 19.2. The molecule has 0 fully saturated rings. The van der Waals surface area contributed by atoms with Crippen LogP contribution in [0.15, 0.2) is 30.3 Å². The highest BCUT2D eigenvalue weighted by Gasteiger charge is 2.10. The lowest BCUT2D eigenvalue weighted by atomic mass is 10.2. The Hall–Kier alpha value is -2.24. The summed E-state index contributed by atoms with van der Waals surface area (Å²) in [6.45, 7) is -0.146. The Morgan fingerprint density at radius 2 is 1.53 bits per heavy atom. The normalized spacial score (nSPS) is 10.5. The third-order valence-electron chi connectivity index (χ3n) is 2.52. The van der Waals surface area contributed by atoms with Gasteiger partial charge >= 0.3 is 0 Å². The van der Waals surface area contributed by atoms with Gasteiger partial charge in [-0.1, -0.05) is 0 Å². The van der Waals surface area contributed by atoms with Gasteiger partial charge in [0.15, 0.2) is 23.2 Å². The summed E-state index contributed by atoms with van der Waals surface area (Å²) in [6.07, 6.45) is 0. The van der Waals surface area contributed by atoms with Crippen LogP contribution in [0.2, 0.25) is 0 Å². The van der Waals surface area contributed by atoms with Gasteiger partial charge in [-0.3, -0.25) is 0 Å². The van der Waals surface area contributed by atoms with Gasteiger partial charge in [-0.05, 0) is 18.2 Å².